The first-order valence-corrected chi connectivity index (χ1v) is 5.45. The summed E-state index contributed by atoms with van der Waals surface area (Å²) in [5.74, 6) is 0.823. The van der Waals surface area contributed by atoms with Gasteiger partial charge in [-0.3, -0.25) is 0 Å². The van der Waals surface area contributed by atoms with Crippen molar-refractivity contribution in [2.45, 2.75) is 45.6 Å². The lowest BCUT2D eigenvalue weighted by molar-refractivity contribution is 0.922. The van der Waals surface area contributed by atoms with E-state index in [1.165, 1.54) is 12.8 Å². The summed E-state index contributed by atoms with van der Waals surface area (Å²) in [5.41, 5.74) is 2.28. The largest absolute Gasteiger partial charge is 0.351 e. The molecule has 0 bridgehead atoms. The fraction of sp³-hybridized carbons (Fsp3) is 0.636. The summed E-state index contributed by atoms with van der Waals surface area (Å²) in [4.78, 5) is 8.92. The zero-order valence-corrected chi connectivity index (χ0v) is 8.88. The molecule has 0 unspecified atom stereocenters. The first-order chi connectivity index (χ1) is 6.81. The summed E-state index contributed by atoms with van der Waals surface area (Å²) in [6.45, 7) is 4.26. The van der Waals surface area contributed by atoms with Crippen molar-refractivity contribution in [3.05, 3.63) is 17.5 Å². The van der Waals surface area contributed by atoms with Crippen molar-refractivity contribution in [1.29, 1.82) is 0 Å². The van der Waals surface area contributed by atoms with Crippen LogP contribution in [-0.4, -0.2) is 16.0 Å². The highest BCUT2D eigenvalue weighted by atomic mass is 15.1. The average Bonchev–Trinajstić information content (AvgIpc) is 3.01. The van der Waals surface area contributed by atoms with Crippen LogP contribution in [0.1, 0.15) is 38.1 Å². The molecule has 1 aromatic rings. The second-order valence-corrected chi connectivity index (χ2v) is 3.80. The van der Waals surface area contributed by atoms with Gasteiger partial charge in [0.15, 0.2) is 0 Å². The molecule has 3 heteroatoms. The maximum absolute atomic E-state index is 4.46. The van der Waals surface area contributed by atoms with E-state index in [2.05, 4.69) is 35.2 Å². The van der Waals surface area contributed by atoms with E-state index >= 15 is 0 Å². The summed E-state index contributed by atoms with van der Waals surface area (Å²) in [7, 11) is 0. The molecular weight excluding hydrogens is 174 g/mol. The Labute approximate surface area is 85.0 Å². The van der Waals surface area contributed by atoms with Crippen molar-refractivity contribution in [1.82, 2.24) is 9.97 Å². The Hall–Kier alpha value is -1.12. The first-order valence-electron chi connectivity index (χ1n) is 5.45. The lowest BCUT2D eigenvalue weighted by atomic mass is 10.2. The van der Waals surface area contributed by atoms with Gasteiger partial charge in [0.1, 0.15) is 0 Å². The molecule has 0 saturated heterocycles. The van der Waals surface area contributed by atoms with E-state index < -0.39 is 0 Å². The van der Waals surface area contributed by atoms with Crippen molar-refractivity contribution in [3.8, 4) is 0 Å². The molecule has 1 saturated carbocycles. The Kier molecular flexibility index (Phi) is 2.66. The zero-order chi connectivity index (χ0) is 9.97. The van der Waals surface area contributed by atoms with Crippen LogP contribution in [0.15, 0.2) is 6.07 Å². The van der Waals surface area contributed by atoms with Gasteiger partial charge < -0.3 is 5.32 Å². The molecule has 0 spiro atoms. The van der Waals surface area contributed by atoms with Gasteiger partial charge in [0.05, 0.1) is 0 Å². The molecule has 0 aromatic carbocycles. The predicted molar refractivity (Wildman–Crippen MR) is 57.4 cm³/mol. The normalized spacial score (nSPS) is 15.6. The van der Waals surface area contributed by atoms with Crippen LogP contribution < -0.4 is 5.32 Å². The van der Waals surface area contributed by atoms with Crippen molar-refractivity contribution in [2.75, 3.05) is 5.32 Å². The fourth-order valence-electron chi connectivity index (χ4n) is 1.39. The third-order valence-corrected chi connectivity index (χ3v) is 2.47. The van der Waals surface area contributed by atoms with E-state index in [0.717, 1.165) is 30.2 Å². The van der Waals surface area contributed by atoms with Crippen LogP contribution in [0, 0.1) is 0 Å². The van der Waals surface area contributed by atoms with E-state index in [9.17, 15) is 0 Å². The molecule has 1 aromatic heterocycles. The third-order valence-electron chi connectivity index (χ3n) is 2.47. The van der Waals surface area contributed by atoms with Crippen LogP contribution >= 0.6 is 0 Å². The molecule has 0 radical (unpaired) electrons. The van der Waals surface area contributed by atoms with Gasteiger partial charge in [0, 0.05) is 17.4 Å². The van der Waals surface area contributed by atoms with Crippen LogP contribution in [0.2, 0.25) is 0 Å². The minimum atomic E-state index is 0.631. The summed E-state index contributed by atoms with van der Waals surface area (Å²) < 4.78 is 0. The van der Waals surface area contributed by atoms with Gasteiger partial charge in [-0.25, -0.2) is 9.97 Å². The maximum atomic E-state index is 4.46. The molecule has 1 N–H and O–H groups in total. The van der Waals surface area contributed by atoms with Crippen LogP contribution in [0.5, 0.6) is 0 Å². The van der Waals surface area contributed by atoms with Crippen LogP contribution in [0.25, 0.3) is 0 Å². The van der Waals surface area contributed by atoms with E-state index in [0.29, 0.717) is 6.04 Å². The molecule has 14 heavy (non-hydrogen) atoms. The quantitative estimate of drug-likeness (QED) is 0.792. The molecule has 2 rings (SSSR count). The Morgan fingerprint density at radius 3 is 2.21 bits per heavy atom. The molecular formula is C11H17N3. The molecule has 0 amide bonds. The predicted octanol–water partition coefficient (Wildman–Crippen LogP) is 2.18. The topological polar surface area (TPSA) is 37.8 Å². The van der Waals surface area contributed by atoms with Crippen LogP contribution in [0.3, 0.4) is 0 Å². The molecule has 1 heterocycles. The summed E-state index contributed by atoms with van der Waals surface area (Å²) in [6, 6.07) is 2.73. The Morgan fingerprint density at radius 2 is 1.79 bits per heavy atom. The van der Waals surface area contributed by atoms with Gasteiger partial charge in [-0.1, -0.05) is 13.8 Å². The van der Waals surface area contributed by atoms with Gasteiger partial charge in [-0.05, 0) is 31.7 Å². The highest BCUT2D eigenvalue weighted by molar-refractivity contribution is 5.31. The number of nitrogens with one attached hydrogen (secondary N) is 1. The van der Waals surface area contributed by atoms with E-state index in [-0.39, 0.29) is 0 Å². The van der Waals surface area contributed by atoms with Gasteiger partial charge in [0.25, 0.3) is 0 Å². The first kappa shape index (κ1) is 9.44. The molecule has 1 fully saturated rings. The molecule has 76 valence electrons. The third kappa shape index (κ3) is 2.22. The van der Waals surface area contributed by atoms with Gasteiger partial charge in [0.2, 0.25) is 5.95 Å². The van der Waals surface area contributed by atoms with Crippen LogP contribution in [0.4, 0.5) is 5.95 Å². The van der Waals surface area contributed by atoms with Crippen molar-refractivity contribution in [2.24, 2.45) is 0 Å². The smallest absolute Gasteiger partial charge is 0.223 e. The number of anilines is 1. The molecule has 1 aliphatic carbocycles. The van der Waals surface area contributed by atoms with Gasteiger partial charge in [-0.15, -0.1) is 0 Å². The number of hydrogen-bond donors (Lipinski definition) is 1. The lowest BCUT2D eigenvalue weighted by Crippen LogP contribution is -2.08. The number of rotatable bonds is 4. The summed E-state index contributed by atoms with van der Waals surface area (Å²) >= 11 is 0. The molecule has 0 aliphatic heterocycles. The number of aromatic nitrogens is 2. The van der Waals surface area contributed by atoms with Crippen molar-refractivity contribution >= 4 is 5.95 Å². The fourth-order valence-corrected chi connectivity index (χ4v) is 1.39. The number of nitrogens with zero attached hydrogens (tertiary/aromatic N) is 2. The highest BCUT2D eigenvalue weighted by Gasteiger charge is 2.22. The minimum absolute atomic E-state index is 0.631. The highest BCUT2D eigenvalue weighted by Crippen LogP contribution is 2.23. The van der Waals surface area contributed by atoms with Crippen molar-refractivity contribution < 1.29 is 0 Å². The van der Waals surface area contributed by atoms with E-state index in [4.69, 9.17) is 0 Å². The van der Waals surface area contributed by atoms with E-state index in [1.807, 2.05) is 0 Å². The second-order valence-electron chi connectivity index (χ2n) is 3.80. The second kappa shape index (κ2) is 3.95. The average molecular weight is 191 g/mol. The summed E-state index contributed by atoms with van der Waals surface area (Å²) in [5, 5.41) is 3.34. The van der Waals surface area contributed by atoms with E-state index in [1.54, 1.807) is 0 Å². The van der Waals surface area contributed by atoms with Gasteiger partial charge >= 0.3 is 0 Å². The molecule has 0 atom stereocenters. The minimum Gasteiger partial charge on any atom is -0.351 e. The Bertz CT molecular complexity index is 296. The number of hydrogen-bond acceptors (Lipinski definition) is 3. The SMILES string of the molecule is CCc1cc(CC)nc(NC2CC2)n1. The standard InChI is InChI=1S/C11H17N3/c1-3-8-7-9(4-2)13-11(12-8)14-10-5-6-10/h7,10H,3-6H2,1-2H3,(H,12,13,14). The Morgan fingerprint density at radius 1 is 1.21 bits per heavy atom. The Balaban J connectivity index is 2.19. The summed E-state index contributed by atoms with van der Waals surface area (Å²) in [6.07, 6.45) is 4.49. The monoisotopic (exact) mass is 191 g/mol. The van der Waals surface area contributed by atoms with Crippen LogP contribution in [-0.2, 0) is 12.8 Å². The molecule has 3 nitrogen and oxygen atoms in total. The van der Waals surface area contributed by atoms with Crippen molar-refractivity contribution in [3.63, 3.8) is 0 Å². The zero-order valence-electron chi connectivity index (χ0n) is 8.88. The number of aryl methyl sites for hydroxylation is 2. The van der Waals surface area contributed by atoms with Gasteiger partial charge in [-0.2, -0.15) is 0 Å². The maximum Gasteiger partial charge on any atom is 0.223 e. The molecule has 1 aliphatic rings. The lowest BCUT2D eigenvalue weighted by Gasteiger charge is -2.06.